The number of nitrogens with zero attached hydrogens (tertiary/aromatic N) is 2. The zero-order valence-corrected chi connectivity index (χ0v) is 21.4. The first-order valence-corrected chi connectivity index (χ1v) is 13.0. The van der Waals surface area contributed by atoms with Gasteiger partial charge in [0.1, 0.15) is 0 Å². The zero-order valence-electron chi connectivity index (χ0n) is 21.4. The smallest absolute Gasteiger partial charge is 0.0860 e. The summed E-state index contributed by atoms with van der Waals surface area (Å²) < 4.78 is 0. The van der Waals surface area contributed by atoms with Crippen molar-refractivity contribution in [1.29, 1.82) is 0 Å². The van der Waals surface area contributed by atoms with Crippen LogP contribution in [0.5, 0.6) is 0 Å². The van der Waals surface area contributed by atoms with Gasteiger partial charge in [-0.25, -0.2) is 0 Å². The van der Waals surface area contributed by atoms with Gasteiger partial charge < -0.3 is 15.3 Å². The lowest BCUT2D eigenvalue weighted by atomic mass is 10.1. The fourth-order valence-electron chi connectivity index (χ4n) is 5.28. The van der Waals surface area contributed by atoms with Crippen LogP contribution in [0.15, 0.2) is 48.8 Å². The Morgan fingerprint density at radius 3 is 2.61 bits per heavy atom. The maximum Gasteiger partial charge on any atom is 0.0860 e. The molecule has 2 aromatic heterocycles. The largest absolute Gasteiger partial charge is 0.377 e. The van der Waals surface area contributed by atoms with E-state index in [2.05, 4.69) is 106 Å². The molecule has 0 unspecified atom stereocenters. The summed E-state index contributed by atoms with van der Waals surface area (Å²) in [6, 6.07) is 10.8. The zero-order chi connectivity index (χ0) is 24.9. The van der Waals surface area contributed by atoms with E-state index in [0.29, 0.717) is 0 Å². The summed E-state index contributed by atoms with van der Waals surface area (Å²) in [5.41, 5.74) is 8.89. The molecular weight excluding hydrogens is 442 g/mol. The molecule has 36 heavy (non-hydrogen) atoms. The number of hydrogen-bond acceptors (Lipinski definition) is 3. The van der Waals surface area contributed by atoms with Crippen LogP contribution in [0.1, 0.15) is 35.2 Å². The molecule has 2 aliphatic rings. The van der Waals surface area contributed by atoms with Crippen molar-refractivity contribution >= 4 is 30.5 Å². The first-order chi connectivity index (χ1) is 17.6. The van der Waals surface area contributed by atoms with Crippen molar-refractivity contribution in [1.82, 2.24) is 25.1 Å². The van der Waals surface area contributed by atoms with Crippen molar-refractivity contribution in [3.63, 3.8) is 0 Å². The molecule has 1 aliphatic heterocycles. The molecule has 0 bridgehead atoms. The van der Waals surface area contributed by atoms with Gasteiger partial charge in [-0.15, -0.1) is 5.73 Å². The van der Waals surface area contributed by atoms with E-state index in [1.807, 2.05) is 0 Å². The Kier molecular flexibility index (Phi) is 7.43. The van der Waals surface area contributed by atoms with Gasteiger partial charge in [0.2, 0.25) is 0 Å². The van der Waals surface area contributed by atoms with Gasteiger partial charge in [0.05, 0.1) is 5.70 Å². The molecule has 1 aromatic carbocycles. The minimum Gasteiger partial charge on any atom is -0.377 e. The SMILES string of the molecule is C=C=C(NCCN1CCN(Cc2ccccc2)CC1)c1c[nH]c(/C=c2\c(=C)[nH]c3c2=CCCC=3)c1C. The monoisotopic (exact) mass is 479 g/mol. The molecule has 0 spiro atoms. The third-order valence-electron chi connectivity index (χ3n) is 7.41. The molecule has 5 rings (SSSR count). The molecular formula is C31H37N5. The van der Waals surface area contributed by atoms with E-state index in [1.165, 1.54) is 26.9 Å². The highest BCUT2D eigenvalue weighted by molar-refractivity contribution is 5.69. The van der Waals surface area contributed by atoms with Crippen molar-refractivity contribution < 1.29 is 0 Å². The van der Waals surface area contributed by atoms with Crippen LogP contribution in [0, 0.1) is 6.92 Å². The maximum atomic E-state index is 4.23. The number of benzene rings is 1. The van der Waals surface area contributed by atoms with Gasteiger partial charge in [0.25, 0.3) is 0 Å². The highest BCUT2D eigenvalue weighted by Gasteiger charge is 2.17. The Hall–Kier alpha value is -3.50. The van der Waals surface area contributed by atoms with E-state index >= 15 is 0 Å². The second kappa shape index (κ2) is 11.0. The van der Waals surface area contributed by atoms with Crippen LogP contribution in [0.4, 0.5) is 0 Å². The predicted octanol–water partition coefficient (Wildman–Crippen LogP) is 1.78. The Balaban J connectivity index is 1.18. The Morgan fingerprint density at radius 1 is 1.08 bits per heavy atom. The van der Waals surface area contributed by atoms with Gasteiger partial charge in [-0.3, -0.25) is 9.80 Å². The van der Waals surface area contributed by atoms with Gasteiger partial charge in [-0.05, 0) is 37.0 Å². The van der Waals surface area contributed by atoms with Gasteiger partial charge in [0, 0.05) is 84.4 Å². The van der Waals surface area contributed by atoms with E-state index < -0.39 is 0 Å². The number of fused-ring (bicyclic) bond motifs is 1. The van der Waals surface area contributed by atoms with Gasteiger partial charge in [0.15, 0.2) is 0 Å². The highest BCUT2D eigenvalue weighted by atomic mass is 15.3. The summed E-state index contributed by atoms with van der Waals surface area (Å²) in [6.45, 7) is 17.7. The minimum atomic E-state index is 0.874. The van der Waals surface area contributed by atoms with Crippen LogP contribution in [0.2, 0.25) is 0 Å². The van der Waals surface area contributed by atoms with Crippen LogP contribution in [-0.2, 0) is 6.54 Å². The van der Waals surface area contributed by atoms with Gasteiger partial charge >= 0.3 is 0 Å². The van der Waals surface area contributed by atoms with E-state index in [0.717, 1.165) is 81.0 Å². The second-order valence-electron chi connectivity index (χ2n) is 9.80. The molecule has 1 saturated heterocycles. The van der Waals surface area contributed by atoms with Crippen molar-refractivity contribution in [2.45, 2.75) is 26.3 Å². The van der Waals surface area contributed by atoms with Crippen LogP contribution in [0.3, 0.4) is 0 Å². The third-order valence-corrected chi connectivity index (χ3v) is 7.41. The number of aromatic amines is 2. The number of H-pyrrole nitrogens is 2. The molecule has 5 nitrogen and oxygen atoms in total. The van der Waals surface area contributed by atoms with Crippen LogP contribution in [0.25, 0.3) is 30.5 Å². The lowest BCUT2D eigenvalue weighted by molar-refractivity contribution is 0.129. The van der Waals surface area contributed by atoms with E-state index in [1.54, 1.807) is 0 Å². The molecule has 5 heteroatoms. The summed E-state index contributed by atoms with van der Waals surface area (Å²) in [6.07, 6.45) is 11.0. The number of aromatic nitrogens is 2. The Labute approximate surface area is 213 Å². The molecule has 3 aromatic rings. The first-order valence-electron chi connectivity index (χ1n) is 13.0. The summed E-state index contributed by atoms with van der Waals surface area (Å²) in [4.78, 5) is 12.0. The Bertz CT molecular complexity index is 1480. The summed E-state index contributed by atoms with van der Waals surface area (Å²) in [5.74, 6) is 0. The standard InChI is InChI=1S/C31H37N5/c1-4-29(32-14-15-35-16-18-36(19-17-35)22-25-10-6-5-7-11-25)28-21-33-31(23(28)2)20-27-24(3)34-30-13-9-8-12-26(27)30/h5-7,10-13,20-21,32-34H,1,3,8-9,14-19,22H2,2H3/b27-20+. The number of nitrogens with one attached hydrogen (secondary N) is 3. The molecule has 0 saturated carbocycles. The summed E-state index contributed by atoms with van der Waals surface area (Å²) in [7, 11) is 0. The second-order valence-corrected chi connectivity index (χ2v) is 9.80. The average Bonchev–Trinajstić information content (AvgIpc) is 3.42. The predicted molar refractivity (Wildman–Crippen MR) is 151 cm³/mol. The van der Waals surface area contributed by atoms with Crippen LogP contribution in [-0.4, -0.2) is 59.0 Å². The van der Waals surface area contributed by atoms with E-state index in [-0.39, 0.29) is 0 Å². The number of rotatable bonds is 8. The third kappa shape index (κ3) is 5.34. The van der Waals surface area contributed by atoms with E-state index in [9.17, 15) is 0 Å². The molecule has 0 radical (unpaired) electrons. The lowest BCUT2D eigenvalue weighted by Crippen LogP contribution is -2.47. The molecule has 1 fully saturated rings. The quantitative estimate of drug-likeness (QED) is 0.432. The van der Waals surface area contributed by atoms with Crippen LogP contribution >= 0.6 is 0 Å². The van der Waals surface area contributed by atoms with Crippen molar-refractivity contribution in [2.24, 2.45) is 0 Å². The number of hydrogen-bond donors (Lipinski definition) is 3. The first kappa shape index (κ1) is 24.2. The molecule has 1 aliphatic carbocycles. The van der Waals surface area contributed by atoms with Crippen molar-refractivity contribution in [3.8, 4) is 0 Å². The fourth-order valence-corrected chi connectivity index (χ4v) is 5.28. The Morgan fingerprint density at radius 2 is 1.83 bits per heavy atom. The topological polar surface area (TPSA) is 50.1 Å². The van der Waals surface area contributed by atoms with Gasteiger partial charge in [-0.1, -0.05) is 55.6 Å². The molecule has 3 heterocycles. The van der Waals surface area contributed by atoms with E-state index in [4.69, 9.17) is 0 Å². The minimum absolute atomic E-state index is 0.874. The van der Waals surface area contributed by atoms with Crippen LogP contribution < -0.4 is 26.5 Å². The lowest BCUT2D eigenvalue weighted by Gasteiger charge is -2.34. The normalized spacial score (nSPS) is 16.6. The molecule has 3 N–H and O–H groups in total. The molecule has 0 atom stereocenters. The summed E-state index contributed by atoms with van der Waals surface area (Å²) >= 11 is 0. The van der Waals surface area contributed by atoms with Crippen molar-refractivity contribution in [2.75, 3.05) is 39.3 Å². The highest BCUT2D eigenvalue weighted by Crippen LogP contribution is 2.19. The average molecular weight is 480 g/mol. The maximum absolute atomic E-state index is 4.23. The number of piperazine rings is 1. The van der Waals surface area contributed by atoms with Crippen molar-refractivity contribution in [3.05, 3.63) is 92.4 Å². The van der Waals surface area contributed by atoms with Gasteiger partial charge in [-0.2, -0.15) is 0 Å². The fraction of sp³-hybridized carbons (Fsp3) is 0.323. The molecule has 0 amide bonds. The molecule has 186 valence electrons. The summed E-state index contributed by atoms with van der Waals surface area (Å²) in [5, 5.41) is 8.17.